The Morgan fingerprint density at radius 1 is 0.909 bits per heavy atom. The molecule has 3 aromatic carbocycles. The maximum Gasteiger partial charge on any atom is 0.264 e. The molecule has 0 spiro atoms. The van der Waals surface area contributed by atoms with Crippen molar-refractivity contribution in [2.45, 2.75) is 24.8 Å². The molecule has 3 rings (SSSR count). The van der Waals surface area contributed by atoms with Crippen LogP contribution in [0.15, 0.2) is 71.6 Å². The lowest BCUT2D eigenvalue weighted by Gasteiger charge is -2.20. The minimum atomic E-state index is -3.70. The van der Waals surface area contributed by atoms with E-state index in [2.05, 4.69) is 5.32 Å². The van der Waals surface area contributed by atoms with Gasteiger partial charge >= 0.3 is 0 Å². The molecule has 8 heteroatoms. The molecule has 0 fully saturated rings. The molecule has 33 heavy (non-hydrogen) atoms. The van der Waals surface area contributed by atoms with E-state index in [-0.39, 0.29) is 16.8 Å². The first-order valence-electron chi connectivity index (χ1n) is 10.4. The number of carbonyl (C=O) groups is 1. The number of anilines is 1. The fourth-order valence-corrected chi connectivity index (χ4v) is 4.51. The molecule has 0 aliphatic heterocycles. The molecule has 0 radical (unpaired) electrons. The number of rotatable bonds is 8. The molecule has 0 bridgehead atoms. The lowest BCUT2D eigenvalue weighted by atomic mass is 10.1. The summed E-state index contributed by atoms with van der Waals surface area (Å²) in [4.78, 5) is 12.9. The van der Waals surface area contributed by atoms with Crippen molar-refractivity contribution in [3.05, 3.63) is 83.4 Å². The first kappa shape index (κ1) is 24.1. The third-order valence-corrected chi connectivity index (χ3v) is 7.23. The van der Waals surface area contributed by atoms with Crippen molar-refractivity contribution in [1.29, 1.82) is 0 Å². The Bertz CT molecular complexity index is 1220. The fraction of sp³-hybridized carbons (Fsp3) is 0.240. The predicted octanol–water partition coefficient (Wildman–Crippen LogP) is 4.33. The second-order valence-corrected chi connectivity index (χ2v) is 9.61. The van der Waals surface area contributed by atoms with E-state index in [0.717, 1.165) is 11.1 Å². The molecular weight excluding hydrogens is 440 g/mol. The predicted molar refractivity (Wildman–Crippen MR) is 129 cm³/mol. The standard InChI is InChI=1S/C25H28N2O5S/c1-17-6-13-22(14-7-17)33(29,30)27(3)21-11-8-19(9-12-21)25(28)26-18(2)20-10-15-23(31-4)24(16-20)32-5/h6-16,18H,1-5H3,(H,26,28)/t18-/m1/s1. The van der Waals surface area contributed by atoms with Crippen LogP contribution in [0.2, 0.25) is 0 Å². The smallest absolute Gasteiger partial charge is 0.264 e. The highest BCUT2D eigenvalue weighted by Crippen LogP contribution is 2.30. The average molecular weight is 469 g/mol. The summed E-state index contributed by atoms with van der Waals surface area (Å²) in [6.45, 7) is 3.77. The van der Waals surface area contributed by atoms with Crippen LogP contribution in [0, 0.1) is 6.92 Å². The van der Waals surface area contributed by atoms with E-state index in [4.69, 9.17) is 9.47 Å². The summed E-state index contributed by atoms with van der Waals surface area (Å²) in [6, 6.07) is 18.3. The first-order valence-corrected chi connectivity index (χ1v) is 11.8. The lowest BCUT2D eigenvalue weighted by molar-refractivity contribution is 0.0940. The number of sulfonamides is 1. The van der Waals surface area contributed by atoms with E-state index >= 15 is 0 Å². The third kappa shape index (κ3) is 5.28. The van der Waals surface area contributed by atoms with Gasteiger partial charge in [-0.2, -0.15) is 0 Å². The highest BCUT2D eigenvalue weighted by Gasteiger charge is 2.21. The summed E-state index contributed by atoms with van der Waals surface area (Å²) in [5.41, 5.74) is 2.73. The van der Waals surface area contributed by atoms with Gasteiger partial charge in [0.2, 0.25) is 0 Å². The van der Waals surface area contributed by atoms with Crippen molar-refractivity contribution in [2.24, 2.45) is 0 Å². The second-order valence-electron chi connectivity index (χ2n) is 7.64. The van der Waals surface area contributed by atoms with E-state index in [9.17, 15) is 13.2 Å². The molecule has 1 amide bonds. The van der Waals surface area contributed by atoms with Crippen molar-refractivity contribution < 1.29 is 22.7 Å². The zero-order valence-electron chi connectivity index (χ0n) is 19.3. The second kappa shape index (κ2) is 9.95. The summed E-state index contributed by atoms with van der Waals surface area (Å²) < 4.78 is 37.6. The van der Waals surface area contributed by atoms with Gasteiger partial charge in [-0.05, 0) is 67.9 Å². The van der Waals surface area contributed by atoms with Gasteiger partial charge in [0.05, 0.1) is 30.8 Å². The van der Waals surface area contributed by atoms with E-state index < -0.39 is 10.0 Å². The van der Waals surface area contributed by atoms with Gasteiger partial charge in [0, 0.05) is 12.6 Å². The van der Waals surface area contributed by atoms with Crippen molar-refractivity contribution in [3.63, 3.8) is 0 Å². The molecule has 0 unspecified atom stereocenters. The van der Waals surface area contributed by atoms with E-state index in [0.29, 0.717) is 22.7 Å². The van der Waals surface area contributed by atoms with Crippen LogP contribution in [-0.2, 0) is 10.0 Å². The van der Waals surface area contributed by atoms with E-state index in [1.807, 2.05) is 26.0 Å². The number of nitrogens with zero attached hydrogens (tertiary/aromatic N) is 1. The normalized spacial score (nSPS) is 12.0. The van der Waals surface area contributed by atoms with Gasteiger partial charge in [0.25, 0.3) is 15.9 Å². The summed E-state index contributed by atoms with van der Waals surface area (Å²) in [5, 5.41) is 2.94. The summed E-state index contributed by atoms with van der Waals surface area (Å²) in [5.74, 6) is 0.922. The zero-order valence-corrected chi connectivity index (χ0v) is 20.1. The first-order chi connectivity index (χ1) is 15.7. The molecule has 0 heterocycles. The van der Waals surface area contributed by atoms with Gasteiger partial charge in [-0.1, -0.05) is 23.8 Å². The molecule has 3 aromatic rings. The number of nitrogens with one attached hydrogen (secondary N) is 1. The number of hydrogen-bond donors (Lipinski definition) is 1. The van der Waals surface area contributed by atoms with E-state index in [1.165, 1.54) is 11.4 Å². The molecular formula is C25H28N2O5S. The van der Waals surface area contributed by atoms with Crippen molar-refractivity contribution in [1.82, 2.24) is 5.32 Å². The van der Waals surface area contributed by atoms with Crippen LogP contribution in [-0.4, -0.2) is 35.6 Å². The summed E-state index contributed by atoms with van der Waals surface area (Å²) >= 11 is 0. The maximum atomic E-state index is 12.9. The Morgan fingerprint density at radius 3 is 2.09 bits per heavy atom. The van der Waals surface area contributed by atoms with Gasteiger partial charge in [-0.15, -0.1) is 0 Å². The number of carbonyl (C=O) groups excluding carboxylic acids is 1. The number of hydrogen-bond acceptors (Lipinski definition) is 5. The minimum Gasteiger partial charge on any atom is -0.493 e. The van der Waals surface area contributed by atoms with Gasteiger partial charge in [0.15, 0.2) is 11.5 Å². The van der Waals surface area contributed by atoms with Crippen LogP contribution in [0.1, 0.15) is 34.5 Å². The van der Waals surface area contributed by atoms with Crippen molar-refractivity contribution in [2.75, 3.05) is 25.6 Å². The third-order valence-electron chi connectivity index (χ3n) is 5.43. The molecule has 0 aliphatic rings. The Hall–Kier alpha value is -3.52. The molecule has 7 nitrogen and oxygen atoms in total. The minimum absolute atomic E-state index is 0.209. The van der Waals surface area contributed by atoms with Gasteiger partial charge in [0.1, 0.15) is 0 Å². The quantitative estimate of drug-likeness (QED) is 0.532. The highest BCUT2D eigenvalue weighted by atomic mass is 32.2. The number of benzene rings is 3. The Labute approximate surface area is 195 Å². The largest absolute Gasteiger partial charge is 0.493 e. The van der Waals surface area contributed by atoms with Crippen LogP contribution in [0.4, 0.5) is 5.69 Å². The fourth-order valence-electron chi connectivity index (χ4n) is 3.32. The number of aryl methyl sites for hydroxylation is 1. The number of amides is 1. The SMILES string of the molecule is COc1ccc([C@@H](C)NC(=O)c2ccc(N(C)S(=O)(=O)c3ccc(C)cc3)cc2)cc1OC. The Balaban J connectivity index is 1.73. The lowest BCUT2D eigenvalue weighted by Crippen LogP contribution is -2.28. The van der Waals surface area contributed by atoms with Crippen LogP contribution < -0.4 is 19.1 Å². The zero-order chi connectivity index (χ0) is 24.2. The van der Waals surface area contributed by atoms with Crippen LogP contribution in [0.5, 0.6) is 11.5 Å². The van der Waals surface area contributed by atoms with Gasteiger partial charge in [-0.25, -0.2) is 8.42 Å². The highest BCUT2D eigenvalue weighted by molar-refractivity contribution is 7.92. The molecule has 174 valence electrons. The molecule has 1 atom stereocenters. The molecule has 1 N–H and O–H groups in total. The Kier molecular flexibility index (Phi) is 7.28. The summed E-state index contributed by atoms with van der Waals surface area (Å²) in [6.07, 6.45) is 0. The van der Waals surface area contributed by atoms with Crippen LogP contribution >= 0.6 is 0 Å². The Morgan fingerprint density at radius 2 is 1.52 bits per heavy atom. The monoisotopic (exact) mass is 468 g/mol. The van der Waals surface area contributed by atoms with Gasteiger partial charge < -0.3 is 14.8 Å². The van der Waals surface area contributed by atoms with Crippen LogP contribution in [0.25, 0.3) is 0 Å². The summed E-state index contributed by atoms with van der Waals surface area (Å²) in [7, 11) is 0.914. The van der Waals surface area contributed by atoms with Crippen molar-refractivity contribution in [3.8, 4) is 11.5 Å². The number of ether oxygens (including phenoxy) is 2. The molecule has 0 aromatic heterocycles. The maximum absolute atomic E-state index is 12.9. The molecule has 0 aliphatic carbocycles. The van der Waals surface area contributed by atoms with Crippen molar-refractivity contribution >= 4 is 21.6 Å². The van der Waals surface area contributed by atoms with Gasteiger partial charge in [-0.3, -0.25) is 9.10 Å². The topological polar surface area (TPSA) is 84.9 Å². The van der Waals surface area contributed by atoms with Crippen LogP contribution in [0.3, 0.4) is 0 Å². The molecule has 0 saturated carbocycles. The molecule has 0 saturated heterocycles. The average Bonchev–Trinajstić information content (AvgIpc) is 2.83. The van der Waals surface area contributed by atoms with E-state index in [1.54, 1.807) is 68.8 Å². The number of methoxy groups -OCH3 is 2.